The van der Waals surface area contributed by atoms with Crippen LogP contribution in [0.5, 0.6) is 0 Å². The van der Waals surface area contributed by atoms with Crippen LogP contribution in [0.3, 0.4) is 0 Å². The molecule has 13 heavy (non-hydrogen) atoms. The van der Waals surface area contributed by atoms with Crippen molar-refractivity contribution in [2.24, 2.45) is 12.8 Å². The zero-order valence-electron chi connectivity index (χ0n) is 8.16. The maximum Gasteiger partial charge on any atom is 0.0671 e. The van der Waals surface area contributed by atoms with Crippen molar-refractivity contribution >= 4 is 0 Å². The van der Waals surface area contributed by atoms with Gasteiger partial charge in [-0.25, -0.2) is 0 Å². The van der Waals surface area contributed by atoms with E-state index in [2.05, 4.69) is 11.3 Å². The van der Waals surface area contributed by atoms with Crippen LogP contribution in [0.15, 0.2) is 6.20 Å². The summed E-state index contributed by atoms with van der Waals surface area (Å²) >= 11 is 0. The molecule has 1 heterocycles. The van der Waals surface area contributed by atoms with Crippen LogP contribution >= 0.6 is 0 Å². The summed E-state index contributed by atoms with van der Waals surface area (Å²) in [6, 6.07) is 0. The summed E-state index contributed by atoms with van der Waals surface area (Å²) in [4.78, 5) is 0. The van der Waals surface area contributed by atoms with Gasteiger partial charge >= 0.3 is 0 Å². The average Bonchev–Trinajstić information content (AvgIpc) is 2.29. The van der Waals surface area contributed by atoms with Crippen molar-refractivity contribution in [3.8, 4) is 0 Å². The van der Waals surface area contributed by atoms with Crippen molar-refractivity contribution in [1.29, 1.82) is 0 Å². The van der Waals surface area contributed by atoms with Gasteiger partial charge in [-0.05, 0) is 30.9 Å². The largest absolute Gasteiger partial charge is 0.330 e. The lowest BCUT2D eigenvalue weighted by atomic mass is 9.80. The summed E-state index contributed by atoms with van der Waals surface area (Å²) < 4.78 is 1.92. The number of hydrogen-bond acceptors (Lipinski definition) is 2. The van der Waals surface area contributed by atoms with Gasteiger partial charge in [0.2, 0.25) is 0 Å². The van der Waals surface area contributed by atoms with Gasteiger partial charge in [0.05, 0.1) is 5.69 Å². The molecule has 72 valence electrons. The number of rotatable bonds is 3. The standard InChI is InChI=1S/C10H17N3/c1-13-7-9(8-3-2-4-8)10(12-13)5-6-11/h7-8H,2-6,11H2,1H3. The molecule has 3 heteroatoms. The Morgan fingerprint density at radius 1 is 1.62 bits per heavy atom. The van der Waals surface area contributed by atoms with Crippen molar-refractivity contribution in [3.05, 3.63) is 17.5 Å². The molecule has 0 saturated heterocycles. The van der Waals surface area contributed by atoms with E-state index >= 15 is 0 Å². The summed E-state index contributed by atoms with van der Waals surface area (Å²) in [5.41, 5.74) is 8.21. The van der Waals surface area contributed by atoms with E-state index in [-0.39, 0.29) is 0 Å². The summed E-state index contributed by atoms with van der Waals surface area (Å²) in [5, 5.41) is 4.44. The van der Waals surface area contributed by atoms with Gasteiger partial charge in [-0.3, -0.25) is 4.68 Å². The second-order valence-corrected chi connectivity index (χ2v) is 3.87. The highest BCUT2D eigenvalue weighted by atomic mass is 15.3. The van der Waals surface area contributed by atoms with Crippen LogP contribution in [-0.4, -0.2) is 16.3 Å². The van der Waals surface area contributed by atoms with Crippen molar-refractivity contribution in [2.45, 2.75) is 31.6 Å². The van der Waals surface area contributed by atoms with E-state index in [0.717, 1.165) is 12.3 Å². The number of aryl methyl sites for hydroxylation is 1. The van der Waals surface area contributed by atoms with Crippen LogP contribution in [0.1, 0.15) is 36.4 Å². The Morgan fingerprint density at radius 2 is 2.38 bits per heavy atom. The molecule has 1 aromatic rings. The predicted molar refractivity (Wildman–Crippen MR) is 52.6 cm³/mol. The van der Waals surface area contributed by atoms with E-state index in [0.29, 0.717) is 6.54 Å². The first kappa shape index (κ1) is 8.75. The van der Waals surface area contributed by atoms with Gasteiger partial charge in [-0.1, -0.05) is 6.42 Å². The summed E-state index contributed by atoms with van der Waals surface area (Å²) in [5.74, 6) is 0.773. The quantitative estimate of drug-likeness (QED) is 0.757. The first-order chi connectivity index (χ1) is 6.31. The first-order valence-electron chi connectivity index (χ1n) is 5.03. The van der Waals surface area contributed by atoms with Crippen LogP contribution in [0.2, 0.25) is 0 Å². The van der Waals surface area contributed by atoms with Gasteiger partial charge in [0.25, 0.3) is 0 Å². The van der Waals surface area contributed by atoms with Crippen molar-refractivity contribution in [3.63, 3.8) is 0 Å². The van der Waals surface area contributed by atoms with Gasteiger partial charge < -0.3 is 5.73 Å². The molecule has 1 aliphatic carbocycles. The molecule has 0 radical (unpaired) electrons. The van der Waals surface area contributed by atoms with Crippen molar-refractivity contribution < 1.29 is 0 Å². The van der Waals surface area contributed by atoms with Crippen LogP contribution in [-0.2, 0) is 13.5 Å². The van der Waals surface area contributed by atoms with E-state index in [4.69, 9.17) is 5.73 Å². The molecule has 0 aliphatic heterocycles. The van der Waals surface area contributed by atoms with E-state index < -0.39 is 0 Å². The molecule has 1 saturated carbocycles. The molecule has 0 bridgehead atoms. The smallest absolute Gasteiger partial charge is 0.0671 e. The Balaban J connectivity index is 2.20. The van der Waals surface area contributed by atoms with Gasteiger partial charge in [0.15, 0.2) is 0 Å². The normalized spacial score (nSPS) is 17.4. The lowest BCUT2D eigenvalue weighted by Gasteiger charge is -2.25. The Hall–Kier alpha value is -0.830. The average molecular weight is 179 g/mol. The Kier molecular flexibility index (Phi) is 2.36. The third-order valence-electron chi connectivity index (χ3n) is 2.86. The predicted octanol–water partition coefficient (Wildman–Crippen LogP) is 1.19. The van der Waals surface area contributed by atoms with Crippen molar-refractivity contribution in [1.82, 2.24) is 9.78 Å². The zero-order chi connectivity index (χ0) is 9.26. The molecular weight excluding hydrogens is 162 g/mol. The third kappa shape index (κ3) is 1.61. The van der Waals surface area contributed by atoms with E-state index in [9.17, 15) is 0 Å². The van der Waals surface area contributed by atoms with E-state index in [1.807, 2.05) is 11.7 Å². The first-order valence-corrected chi connectivity index (χ1v) is 5.03. The second-order valence-electron chi connectivity index (χ2n) is 3.87. The van der Waals surface area contributed by atoms with Crippen LogP contribution in [0, 0.1) is 0 Å². The molecule has 0 spiro atoms. The highest BCUT2D eigenvalue weighted by molar-refractivity contribution is 5.24. The van der Waals surface area contributed by atoms with E-state index in [1.165, 1.54) is 30.5 Å². The fraction of sp³-hybridized carbons (Fsp3) is 0.700. The lowest BCUT2D eigenvalue weighted by molar-refractivity contribution is 0.417. The van der Waals surface area contributed by atoms with Crippen LogP contribution in [0.4, 0.5) is 0 Å². The topological polar surface area (TPSA) is 43.8 Å². The minimum Gasteiger partial charge on any atom is -0.330 e. The third-order valence-corrected chi connectivity index (χ3v) is 2.86. The molecule has 1 aliphatic rings. The van der Waals surface area contributed by atoms with Gasteiger partial charge in [-0.2, -0.15) is 5.10 Å². The van der Waals surface area contributed by atoms with Crippen LogP contribution < -0.4 is 5.73 Å². The molecular formula is C10H17N3. The van der Waals surface area contributed by atoms with Gasteiger partial charge in [-0.15, -0.1) is 0 Å². The monoisotopic (exact) mass is 179 g/mol. The Labute approximate surface area is 78.9 Å². The molecule has 2 N–H and O–H groups in total. The SMILES string of the molecule is Cn1cc(C2CCC2)c(CCN)n1. The lowest BCUT2D eigenvalue weighted by Crippen LogP contribution is -2.12. The number of hydrogen-bond donors (Lipinski definition) is 1. The van der Waals surface area contributed by atoms with E-state index in [1.54, 1.807) is 0 Å². The number of aromatic nitrogens is 2. The molecule has 1 fully saturated rings. The maximum atomic E-state index is 5.55. The van der Waals surface area contributed by atoms with Gasteiger partial charge in [0, 0.05) is 19.7 Å². The Bertz CT molecular complexity index is 286. The molecule has 2 rings (SSSR count). The summed E-state index contributed by atoms with van der Waals surface area (Å²) in [6.07, 6.45) is 7.13. The fourth-order valence-corrected chi connectivity index (χ4v) is 1.94. The van der Waals surface area contributed by atoms with Gasteiger partial charge in [0.1, 0.15) is 0 Å². The molecule has 0 aromatic carbocycles. The fourth-order valence-electron chi connectivity index (χ4n) is 1.94. The molecule has 1 aromatic heterocycles. The zero-order valence-corrected chi connectivity index (χ0v) is 8.16. The molecule has 0 amide bonds. The Morgan fingerprint density at radius 3 is 2.92 bits per heavy atom. The highest BCUT2D eigenvalue weighted by Gasteiger charge is 2.23. The summed E-state index contributed by atoms with van der Waals surface area (Å²) in [6.45, 7) is 0.705. The van der Waals surface area contributed by atoms with Crippen molar-refractivity contribution in [2.75, 3.05) is 6.54 Å². The number of nitrogens with two attached hydrogens (primary N) is 1. The number of nitrogens with zero attached hydrogens (tertiary/aromatic N) is 2. The maximum absolute atomic E-state index is 5.55. The highest BCUT2D eigenvalue weighted by Crippen LogP contribution is 2.37. The minimum atomic E-state index is 0.705. The molecule has 0 unspecified atom stereocenters. The molecule has 3 nitrogen and oxygen atoms in total. The van der Waals surface area contributed by atoms with Crippen LogP contribution in [0.25, 0.3) is 0 Å². The molecule has 0 atom stereocenters. The minimum absolute atomic E-state index is 0.705. The summed E-state index contributed by atoms with van der Waals surface area (Å²) in [7, 11) is 1.99. The second kappa shape index (κ2) is 3.50.